The molecule has 0 aliphatic carbocycles. The molecule has 64 valence electrons. The van der Waals surface area contributed by atoms with E-state index in [2.05, 4.69) is 0 Å². The normalized spacial score (nSPS) is 14.6. The van der Waals surface area contributed by atoms with Gasteiger partial charge in [-0.2, -0.15) is 0 Å². The molecule has 0 saturated carbocycles. The third-order valence-electron chi connectivity index (χ3n) is 0.961. The molecule has 0 spiro atoms. The van der Waals surface area contributed by atoms with Crippen LogP contribution in [-0.2, 0) is 4.79 Å². The largest absolute Gasteiger partial charge is 0.480 e. The maximum absolute atomic E-state index is 10.2. The van der Waals surface area contributed by atoms with Crippen molar-refractivity contribution in [3.8, 4) is 0 Å². The van der Waals surface area contributed by atoms with Crippen molar-refractivity contribution >= 4 is 29.3 Å². The maximum Gasteiger partial charge on any atom is 0.321 e. The second-order valence-corrected chi connectivity index (χ2v) is 3.46. The molecule has 3 nitrogen and oxygen atoms in total. The van der Waals surface area contributed by atoms with E-state index in [0.29, 0.717) is 5.75 Å². The van der Waals surface area contributed by atoms with Crippen LogP contribution in [0.5, 0.6) is 0 Å². The lowest BCUT2D eigenvalue weighted by Crippen LogP contribution is -2.32. The van der Waals surface area contributed by atoms with Crippen molar-refractivity contribution < 1.29 is 9.90 Å². The molecule has 0 amide bonds. The second-order valence-electron chi connectivity index (χ2n) is 1.98. The van der Waals surface area contributed by atoms with E-state index in [1.165, 1.54) is 17.3 Å². The van der Waals surface area contributed by atoms with Crippen molar-refractivity contribution in [2.24, 2.45) is 5.73 Å². The quantitative estimate of drug-likeness (QED) is 0.709. The number of allylic oxidation sites excluding steroid dienone is 1. The molecule has 0 aromatic carbocycles. The van der Waals surface area contributed by atoms with Crippen molar-refractivity contribution in [2.75, 3.05) is 5.75 Å². The lowest BCUT2D eigenvalue weighted by Gasteiger charge is -2.04. The molecule has 0 aromatic rings. The zero-order valence-electron chi connectivity index (χ0n) is 6.08. The summed E-state index contributed by atoms with van der Waals surface area (Å²) < 4.78 is 0. The summed E-state index contributed by atoms with van der Waals surface area (Å²) in [7, 11) is 0. The number of carbonyl (C=O) groups is 1. The molecule has 1 atom stereocenters. The summed E-state index contributed by atoms with van der Waals surface area (Å²) >= 11 is 6.68. The Balaban J connectivity index is 3.62. The van der Waals surface area contributed by atoms with E-state index < -0.39 is 12.0 Å². The zero-order chi connectivity index (χ0) is 8.85. The first-order valence-electron chi connectivity index (χ1n) is 2.96. The van der Waals surface area contributed by atoms with Gasteiger partial charge in [-0.1, -0.05) is 11.6 Å². The number of carboxylic acids is 1. The first-order chi connectivity index (χ1) is 5.07. The van der Waals surface area contributed by atoms with Crippen molar-refractivity contribution in [1.29, 1.82) is 0 Å². The Morgan fingerprint density at radius 1 is 1.91 bits per heavy atom. The van der Waals surface area contributed by atoms with Crippen molar-refractivity contribution in [3.63, 3.8) is 0 Å². The number of rotatable bonds is 4. The minimum absolute atomic E-state index is 0.352. The molecule has 0 radical (unpaired) electrons. The highest BCUT2D eigenvalue weighted by Crippen LogP contribution is 2.15. The average molecular weight is 196 g/mol. The molecule has 5 heteroatoms. The highest BCUT2D eigenvalue weighted by Gasteiger charge is 2.10. The van der Waals surface area contributed by atoms with Gasteiger partial charge in [0.1, 0.15) is 6.04 Å². The van der Waals surface area contributed by atoms with Crippen LogP contribution in [0, 0.1) is 0 Å². The molecule has 0 saturated heterocycles. The van der Waals surface area contributed by atoms with Gasteiger partial charge >= 0.3 is 5.97 Å². The molecule has 0 fully saturated rings. The summed E-state index contributed by atoms with van der Waals surface area (Å²) in [6.07, 6.45) is 0. The standard InChI is InChI=1S/C6H10ClNO2S/c1-4(2-7)11-3-5(8)6(9)10/h2,5H,3,8H2,1H3,(H,9,10). The molecule has 0 rings (SSSR count). The Morgan fingerprint density at radius 2 is 2.45 bits per heavy atom. The lowest BCUT2D eigenvalue weighted by atomic mass is 10.4. The number of carboxylic acid groups (broad SMARTS) is 1. The SMILES string of the molecule is CC(=CCl)SCC(N)C(=O)O. The van der Waals surface area contributed by atoms with Gasteiger partial charge < -0.3 is 10.8 Å². The highest BCUT2D eigenvalue weighted by molar-refractivity contribution is 8.03. The predicted octanol–water partition coefficient (Wildman–Crippen LogP) is 1.23. The fourth-order valence-corrected chi connectivity index (χ4v) is 1.16. The van der Waals surface area contributed by atoms with Crippen LogP contribution >= 0.6 is 23.4 Å². The Bertz CT molecular complexity index is 172. The molecule has 11 heavy (non-hydrogen) atoms. The van der Waals surface area contributed by atoms with Crippen LogP contribution in [0.3, 0.4) is 0 Å². The fourth-order valence-electron chi connectivity index (χ4n) is 0.324. The highest BCUT2D eigenvalue weighted by atomic mass is 35.5. The van der Waals surface area contributed by atoms with Gasteiger partial charge in [0.2, 0.25) is 0 Å². The van der Waals surface area contributed by atoms with E-state index in [1.807, 2.05) is 0 Å². The molecular formula is C6H10ClNO2S. The maximum atomic E-state index is 10.2. The van der Waals surface area contributed by atoms with E-state index in [0.717, 1.165) is 4.91 Å². The zero-order valence-corrected chi connectivity index (χ0v) is 7.65. The van der Waals surface area contributed by atoms with Gasteiger partial charge in [0.15, 0.2) is 0 Å². The number of nitrogens with two attached hydrogens (primary N) is 1. The van der Waals surface area contributed by atoms with E-state index >= 15 is 0 Å². The molecule has 1 unspecified atom stereocenters. The summed E-state index contributed by atoms with van der Waals surface area (Å²) in [5, 5.41) is 8.38. The summed E-state index contributed by atoms with van der Waals surface area (Å²) in [5.41, 5.74) is 6.63. The summed E-state index contributed by atoms with van der Waals surface area (Å²) in [4.78, 5) is 11.1. The van der Waals surface area contributed by atoms with Crippen LogP contribution in [0.1, 0.15) is 6.92 Å². The van der Waals surface area contributed by atoms with Crippen LogP contribution in [0.25, 0.3) is 0 Å². The van der Waals surface area contributed by atoms with Crippen LogP contribution in [-0.4, -0.2) is 22.9 Å². The number of hydrogen-bond acceptors (Lipinski definition) is 3. The third kappa shape index (κ3) is 5.12. The Kier molecular flexibility index (Phi) is 5.36. The van der Waals surface area contributed by atoms with Crippen LogP contribution in [0.2, 0.25) is 0 Å². The number of thioether (sulfide) groups is 1. The third-order valence-corrected chi connectivity index (χ3v) is 2.52. The average Bonchev–Trinajstić information content (AvgIpc) is 1.99. The predicted molar refractivity (Wildman–Crippen MR) is 47.7 cm³/mol. The van der Waals surface area contributed by atoms with E-state index in [-0.39, 0.29) is 0 Å². The van der Waals surface area contributed by atoms with E-state index in [4.69, 9.17) is 22.4 Å². The fraction of sp³-hybridized carbons (Fsp3) is 0.500. The van der Waals surface area contributed by atoms with Crippen molar-refractivity contribution in [1.82, 2.24) is 0 Å². The smallest absolute Gasteiger partial charge is 0.321 e. The van der Waals surface area contributed by atoms with Crippen LogP contribution in [0.4, 0.5) is 0 Å². The molecule has 0 aromatic heterocycles. The topological polar surface area (TPSA) is 63.3 Å². The summed E-state index contributed by atoms with van der Waals surface area (Å²) in [6.45, 7) is 1.80. The minimum Gasteiger partial charge on any atom is -0.480 e. The van der Waals surface area contributed by atoms with Gasteiger partial charge in [0.05, 0.1) is 0 Å². The first kappa shape index (κ1) is 10.8. The molecule has 0 aliphatic heterocycles. The van der Waals surface area contributed by atoms with E-state index in [9.17, 15) is 4.79 Å². The molecule has 0 heterocycles. The van der Waals surface area contributed by atoms with Gasteiger partial charge in [-0.05, 0) is 11.8 Å². The van der Waals surface area contributed by atoms with Gasteiger partial charge in [0.25, 0.3) is 0 Å². The molecule has 0 bridgehead atoms. The molecular weight excluding hydrogens is 186 g/mol. The van der Waals surface area contributed by atoms with Gasteiger partial charge in [-0.3, -0.25) is 4.79 Å². The first-order valence-corrected chi connectivity index (χ1v) is 4.38. The monoisotopic (exact) mass is 195 g/mol. The minimum atomic E-state index is -0.986. The summed E-state index contributed by atoms with van der Waals surface area (Å²) in [5.74, 6) is -0.635. The second kappa shape index (κ2) is 5.46. The molecule has 3 N–H and O–H groups in total. The van der Waals surface area contributed by atoms with Crippen LogP contribution in [0.15, 0.2) is 10.4 Å². The van der Waals surface area contributed by atoms with Gasteiger partial charge in [-0.15, -0.1) is 11.8 Å². The Labute approximate surface area is 74.6 Å². The van der Waals surface area contributed by atoms with Gasteiger partial charge in [-0.25, -0.2) is 0 Å². The number of hydrogen-bond donors (Lipinski definition) is 2. The lowest BCUT2D eigenvalue weighted by molar-refractivity contribution is -0.137. The van der Waals surface area contributed by atoms with E-state index in [1.54, 1.807) is 6.92 Å². The summed E-state index contributed by atoms with van der Waals surface area (Å²) in [6, 6.07) is -0.813. The number of halogens is 1. The van der Waals surface area contributed by atoms with Crippen LogP contribution < -0.4 is 5.73 Å². The Hall–Kier alpha value is -0.190. The van der Waals surface area contributed by atoms with Crippen molar-refractivity contribution in [2.45, 2.75) is 13.0 Å². The van der Waals surface area contributed by atoms with Gasteiger partial charge in [0, 0.05) is 11.3 Å². The van der Waals surface area contributed by atoms with Crippen molar-refractivity contribution in [3.05, 3.63) is 10.4 Å². The Morgan fingerprint density at radius 3 is 2.82 bits per heavy atom. The molecule has 0 aliphatic rings. The number of aliphatic carboxylic acids is 1.